The van der Waals surface area contributed by atoms with Gasteiger partial charge in [-0.2, -0.15) is 0 Å². The molecule has 0 saturated heterocycles. The zero-order chi connectivity index (χ0) is 13.7. The number of carbonyl (C=O) groups is 2. The molecule has 0 spiro atoms. The van der Waals surface area contributed by atoms with Crippen LogP contribution in [0.2, 0.25) is 0 Å². The quantitative estimate of drug-likeness (QED) is 0.672. The number of benzene rings is 1. The van der Waals surface area contributed by atoms with Gasteiger partial charge in [0.15, 0.2) is 6.04 Å². The molecule has 1 aromatic carbocycles. The number of aliphatic carboxylic acids is 1. The van der Waals surface area contributed by atoms with E-state index in [-0.39, 0.29) is 17.9 Å². The van der Waals surface area contributed by atoms with Crippen molar-refractivity contribution in [1.29, 1.82) is 0 Å². The summed E-state index contributed by atoms with van der Waals surface area (Å²) < 4.78 is 5.45. The minimum Gasteiger partial charge on any atom is -0.507 e. The molecule has 0 fully saturated rings. The summed E-state index contributed by atoms with van der Waals surface area (Å²) >= 11 is 1.99. The van der Waals surface area contributed by atoms with Crippen molar-refractivity contribution in [2.75, 3.05) is 13.7 Å². The van der Waals surface area contributed by atoms with Crippen molar-refractivity contribution in [1.82, 2.24) is 5.32 Å². The van der Waals surface area contributed by atoms with Crippen molar-refractivity contribution in [3.63, 3.8) is 0 Å². The van der Waals surface area contributed by atoms with Gasteiger partial charge in [-0.05, 0) is 40.8 Å². The van der Waals surface area contributed by atoms with Crippen LogP contribution in [0.25, 0.3) is 0 Å². The van der Waals surface area contributed by atoms with E-state index in [9.17, 15) is 14.7 Å². The Morgan fingerprint density at radius 2 is 2.17 bits per heavy atom. The van der Waals surface area contributed by atoms with Gasteiger partial charge in [0.1, 0.15) is 5.75 Å². The molecular weight excluding hydrogens is 353 g/mol. The van der Waals surface area contributed by atoms with Gasteiger partial charge in [0.05, 0.1) is 12.2 Å². The lowest BCUT2D eigenvalue weighted by Gasteiger charge is -2.14. The molecule has 1 aromatic rings. The number of rotatable bonds is 5. The van der Waals surface area contributed by atoms with Crippen LogP contribution < -0.4 is 5.32 Å². The van der Waals surface area contributed by atoms with Crippen LogP contribution in [-0.2, 0) is 9.53 Å². The lowest BCUT2D eigenvalue weighted by molar-refractivity contribution is -0.140. The molecule has 1 rings (SSSR count). The molecule has 1 atom stereocenters. The second-order valence-corrected chi connectivity index (χ2v) is 4.73. The Morgan fingerprint density at radius 1 is 1.50 bits per heavy atom. The first-order chi connectivity index (χ1) is 8.45. The fraction of sp³-hybridized carbons (Fsp3) is 0.273. The van der Waals surface area contributed by atoms with E-state index in [4.69, 9.17) is 9.84 Å². The maximum Gasteiger partial charge on any atom is 0.328 e. The second-order valence-electron chi connectivity index (χ2n) is 3.48. The molecule has 0 aliphatic carbocycles. The van der Waals surface area contributed by atoms with E-state index in [1.165, 1.54) is 19.2 Å². The Labute approximate surface area is 117 Å². The molecule has 0 bridgehead atoms. The molecule has 1 unspecified atom stereocenters. The van der Waals surface area contributed by atoms with E-state index < -0.39 is 17.9 Å². The van der Waals surface area contributed by atoms with E-state index in [0.717, 1.165) is 3.57 Å². The molecule has 0 heterocycles. The van der Waals surface area contributed by atoms with Crippen molar-refractivity contribution in [3.05, 3.63) is 27.3 Å². The fourth-order valence-electron chi connectivity index (χ4n) is 1.27. The van der Waals surface area contributed by atoms with E-state index in [1.54, 1.807) is 6.07 Å². The molecule has 18 heavy (non-hydrogen) atoms. The first-order valence-corrected chi connectivity index (χ1v) is 6.04. The van der Waals surface area contributed by atoms with Gasteiger partial charge in [0, 0.05) is 10.7 Å². The topological polar surface area (TPSA) is 95.9 Å². The van der Waals surface area contributed by atoms with E-state index in [0.29, 0.717) is 0 Å². The number of ether oxygens (including phenoxy) is 1. The maximum absolute atomic E-state index is 11.8. The number of amides is 1. The van der Waals surface area contributed by atoms with Gasteiger partial charge in [0.25, 0.3) is 5.91 Å². The SMILES string of the molecule is COCC(NC(=O)c1cc(I)ccc1O)C(=O)O. The first kappa shape index (κ1) is 14.7. The van der Waals surface area contributed by atoms with Gasteiger partial charge in [-0.25, -0.2) is 4.79 Å². The molecule has 0 aliphatic rings. The van der Waals surface area contributed by atoms with Gasteiger partial charge < -0.3 is 20.3 Å². The third-order valence-electron chi connectivity index (χ3n) is 2.14. The third kappa shape index (κ3) is 3.84. The Morgan fingerprint density at radius 3 is 2.72 bits per heavy atom. The number of aromatic hydroxyl groups is 1. The lowest BCUT2D eigenvalue weighted by atomic mass is 10.1. The molecule has 0 aromatic heterocycles. The number of phenols is 1. The summed E-state index contributed by atoms with van der Waals surface area (Å²) in [5.41, 5.74) is 0.0317. The van der Waals surface area contributed by atoms with Gasteiger partial charge in [0.2, 0.25) is 0 Å². The Hall–Kier alpha value is -1.35. The number of phenolic OH excluding ortho intramolecular Hbond substituents is 1. The summed E-state index contributed by atoms with van der Waals surface area (Å²) in [5.74, 6) is -2.06. The van der Waals surface area contributed by atoms with Gasteiger partial charge in [-0.1, -0.05) is 0 Å². The highest BCUT2D eigenvalue weighted by atomic mass is 127. The summed E-state index contributed by atoms with van der Waals surface area (Å²) in [7, 11) is 1.34. The lowest BCUT2D eigenvalue weighted by Crippen LogP contribution is -2.43. The van der Waals surface area contributed by atoms with Crippen LogP contribution in [-0.4, -0.2) is 41.8 Å². The standard InChI is InChI=1S/C11H12INO5/c1-18-5-8(11(16)17)13-10(15)7-4-6(12)2-3-9(7)14/h2-4,8,14H,5H2,1H3,(H,13,15)(H,16,17). The molecule has 0 aliphatic heterocycles. The smallest absolute Gasteiger partial charge is 0.328 e. The number of hydrogen-bond donors (Lipinski definition) is 3. The Balaban J connectivity index is 2.86. The molecule has 7 heteroatoms. The zero-order valence-electron chi connectivity index (χ0n) is 9.51. The summed E-state index contributed by atoms with van der Waals surface area (Å²) in [6.07, 6.45) is 0. The van der Waals surface area contributed by atoms with Crippen molar-refractivity contribution in [2.45, 2.75) is 6.04 Å². The molecule has 6 nitrogen and oxygen atoms in total. The van der Waals surface area contributed by atoms with Gasteiger partial charge in [-0.3, -0.25) is 4.79 Å². The van der Waals surface area contributed by atoms with Crippen molar-refractivity contribution >= 4 is 34.5 Å². The monoisotopic (exact) mass is 365 g/mol. The summed E-state index contributed by atoms with van der Waals surface area (Å²) in [4.78, 5) is 22.7. The Kier molecular flexibility index (Phi) is 5.35. The molecule has 0 saturated carbocycles. The van der Waals surface area contributed by atoms with Crippen molar-refractivity contribution in [3.8, 4) is 5.75 Å². The molecule has 98 valence electrons. The fourth-order valence-corrected chi connectivity index (χ4v) is 1.76. The van der Waals surface area contributed by atoms with Crippen LogP contribution in [0.4, 0.5) is 0 Å². The number of carbonyl (C=O) groups excluding carboxylic acids is 1. The van der Waals surface area contributed by atoms with E-state index in [2.05, 4.69) is 5.32 Å². The zero-order valence-corrected chi connectivity index (χ0v) is 11.7. The van der Waals surface area contributed by atoms with E-state index >= 15 is 0 Å². The van der Waals surface area contributed by atoms with Crippen molar-refractivity contribution < 1.29 is 24.5 Å². The average molecular weight is 365 g/mol. The van der Waals surface area contributed by atoms with Crippen LogP contribution in [0.1, 0.15) is 10.4 Å². The minimum atomic E-state index is -1.20. The normalized spacial score (nSPS) is 11.9. The number of carboxylic acids is 1. The highest BCUT2D eigenvalue weighted by Gasteiger charge is 2.22. The first-order valence-electron chi connectivity index (χ1n) is 4.96. The van der Waals surface area contributed by atoms with Crippen LogP contribution in [0.5, 0.6) is 5.75 Å². The maximum atomic E-state index is 11.8. The number of nitrogens with one attached hydrogen (secondary N) is 1. The number of methoxy groups -OCH3 is 1. The van der Waals surface area contributed by atoms with Crippen LogP contribution in [0.3, 0.4) is 0 Å². The summed E-state index contributed by atoms with van der Waals surface area (Å²) in [6, 6.07) is 3.33. The highest BCUT2D eigenvalue weighted by molar-refractivity contribution is 14.1. The van der Waals surface area contributed by atoms with Crippen molar-refractivity contribution in [2.24, 2.45) is 0 Å². The predicted octanol–water partition coefficient (Wildman–Crippen LogP) is 0.826. The van der Waals surface area contributed by atoms with Gasteiger partial charge >= 0.3 is 5.97 Å². The van der Waals surface area contributed by atoms with Gasteiger partial charge in [-0.15, -0.1) is 0 Å². The number of carboxylic acid groups (broad SMARTS) is 1. The second kappa shape index (κ2) is 6.55. The summed E-state index contributed by atoms with van der Waals surface area (Å²) in [5, 5.41) is 20.7. The molecule has 3 N–H and O–H groups in total. The number of hydrogen-bond acceptors (Lipinski definition) is 4. The predicted molar refractivity (Wildman–Crippen MR) is 71.6 cm³/mol. The van der Waals surface area contributed by atoms with Crippen LogP contribution in [0.15, 0.2) is 18.2 Å². The van der Waals surface area contributed by atoms with Crippen LogP contribution in [0, 0.1) is 3.57 Å². The Bertz CT molecular complexity index is 463. The molecule has 0 radical (unpaired) electrons. The number of halogens is 1. The summed E-state index contributed by atoms with van der Waals surface area (Å²) in [6.45, 7) is -0.147. The average Bonchev–Trinajstić information content (AvgIpc) is 2.31. The van der Waals surface area contributed by atoms with E-state index in [1.807, 2.05) is 22.6 Å². The third-order valence-corrected chi connectivity index (χ3v) is 2.81. The molecule has 1 amide bonds. The largest absolute Gasteiger partial charge is 0.507 e. The molecular formula is C11H12INO5. The minimum absolute atomic E-state index is 0.0317. The highest BCUT2D eigenvalue weighted by Crippen LogP contribution is 2.19. The van der Waals surface area contributed by atoms with Crippen LogP contribution >= 0.6 is 22.6 Å².